The molecule has 1 aliphatic rings. The Morgan fingerprint density at radius 1 is 1.09 bits per heavy atom. The predicted octanol–water partition coefficient (Wildman–Crippen LogP) is 3.17. The van der Waals surface area contributed by atoms with Crippen LogP contribution in [0.25, 0.3) is 6.08 Å². The lowest BCUT2D eigenvalue weighted by atomic mass is 10.1. The molecule has 22 heavy (non-hydrogen) atoms. The number of anilines is 2. The number of nitrogens with zero attached hydrogens (tertiary/aromatic N) is 1. The minimum atomic E-state index is -0.132. The molecular formula is C18H18N2O2. The summed E-state index contributed by atoms with van der Waals surface area (Å²) in [6.45, 7) is 0.290. The Hall–Kier alpha value is -2.75. The number of ether oxygens (including phenoxy) is 1. The van der Waals surface area contributed by atoms with Gasteiger partial charge in [-0.3, -0.25) is 4.79 Å². The van der Waals surface area contributed by atoms with Crippen molar-refractivity contribution in [2.75, 3.05) is 30.9 Å². The van der Waals surface area contributed by atoms with Gasteiger partial charge in [0.1, 0.15) is 12.4 Å². The van der Waals surface area contributed by atoms with E-state index in [9.17, 15) is 4.79 Å². The van der Waals surface area contributed by atoms with Gasteiger partial charge in [0, 0.05) is 31.0 Å². The van der Waals surface area contributed by atoms with Crippen molar-refractivity contribution in [1.82, 2.24) is 0 Å². The van der Waals surface area contributed by atoms with Crippen molar-refractivity contribution in [2.24, 2.45) is 0 Å². The van der Waals surface area contributed by atoms with E-state index in [2.05, 4.69) is 5.32 Å². The van der Waals surface area contributed by atoms with E-state index in [1.807, 2.05) is 73.6 Å². The predicted molar refractivity (Wildman–Crippen MR) is 89.3 cm³/mol. The van der Waals surface area contributed by atoms with Gasteiger partial charge in [-0.05, 0) is 36.4 Å². The summed E-state index contributed by atoms with van der Waals surface area (Å²) < 4.78 is 5.61. The summed E-state index contributed by atoms with van der Waals surface area (Å²) in [6, 6.07) is 15.4. The molecule has 4 heteroatoms. The number of carbonyl (C=O) groups excluding carboxylic acids is 1. The quantitative estimate of drug-likeness (QED) is 0.945. The molecule has 0 aliphatic carbocycles. The molecule has 1 N–H and O–H groups in total. The standard InChI is InChI=1S/C18H18N2O2/c1-20(2)16-9-7-15(8-10-16)19-18(21)14-11-13-5-3-4-6-17(13)22-12-14/h3-11H,12H2,1-2H3,(H,19,21). The SMILES string of the molecule is CN(C)c1ccc(NC(=O)C2=Cc3ccccc3OC2)cc1. The fourth-order valence-electron chi connectivity index (χ4n) is 2.30. The van der Waals surface area contributed by atoms with Crippen LogP contribution in [0.5, 0.6) is 5.75 Å². The monoisotopic (exact) mass is 294 g/mol. The number of hydrogen-bond donors (Lipinski definition) is 1. The number of hydrogen-bond acceptors (Lipinski definition) is 3. The Bertz CT molecular complexity index is 718. The molecule has 0 saturated carbocycles. The molecule has 0 unspecified atom stereocenters. The average molecular weight is 294 g/mol. The highest BCUT2D eigenvalue weighted by atomic mass is 16.5. The molecule has 0 bridgehead atoms. The normalized spacial score (nSPS) is 12.7. The largest absolute Gasteiger partial charge is 0.488 e. The van der Waals surface area contributed by atoms with Crippen LogP contribution in [0.4, 0.5) is 11.4 Å². The van der Waals surface area contributed by atoms with E-state index >= 15 is 0 Å². The fourth-order valence-corrected chi connectivity index (χ4v) is 2.30. The topological polar surface area (TPSA) is 41.6 Å². The molecule has 1 amide bonds. The second-order valence-electron chi connectivity index (χ2n) is 5.39. The lowest BCUT2D eigenvalue weighted by Gasteiger charge is -2.18. The van der Waals surface area contributed by atoms with Gasteiger partial charge in [0.15, 0.2) is 0 Å². The number of fused-ring (bicyclic) bond motifs is 1. The molecule has 1 aliphatic heterocycles. The first-order chi connectivity index (χ1) is 10.6. The summed E-state index contributed by atoms with van der Waals surface area (Å²) in [4.78, 5) is 14.3. The van der Waals surface area contributed by atoms with Crippen LogP contribution in [-0.2, 0) is 4.79 Å². The summed E-state index contributed by atoms with van der Waals surface area (Å²) in [7, 11) is 3.96. The lowest BCUT2D eigenvalue weighted by Crippen LogP contribution is -2.21. The van der Waals surface area contributed by atoms with Crippen molar-refractivity contribution in [3.8, 4) is 5.75 Å². The molecule has 4 nitrogen and oxygen atoms in total. The van der Waals surface area contributed by atoms with Crippen molar-refractivity contribution in [2.45, 2.75) is 0 Å². The van der Waals surface area contributed by atoms with Gasteiger partial charge in [-0.25, -0.2) is 0 Å². The van der Waals surface area contributed by atoms with Gasteiger partial charge < -0.3 is 15.0 Å². The van der Waals surface area contributed by atoms with Gasteiger partial charge in [0.2, 0.25) is 0 Å². The summed E-state index contributed by atoms with van der Waals surface area (Å²) >= 11 is 0. The van der Waals surface area contributed by atoms with Crippen LogP contribution in [0.15, 0.2) is 54.1 Å². The maximum Gasteiger partial charge on any atom is 0.255 e. The number of amides is 1. The van der Waals surface area contributed by atoms with Crippen molar-refractivity contribution in [3.63, 3.8) is 0 Å². The second-order valence-corrected chi connectivity index (χ2v) is 5.39. The molecule has 2 aromatic carbocycles. The third-order valence-corrected chi connectivity index (χ3v) is 3.57. The van der Waals surface area contributed by atoms with Crippen LogP contribution in [-0.4, -0.2) is 26.6 Å². The molecule has 0 aromatic heterocycles. The lowest BCUT2D eigenvalue weighted by molar-refractivity contribution is -0.113. The van der Waals surface area contributed by atoms with E-state index in [1.165, 1.54) is 0 Å². The zero-order valence-electron chi connectivity index (χ0n) is 12.7. The van der Waals surface area contributed by atoms with E-state index < -0.39 is 0 Å². The Balaban J connectivity index is 1.74. The van der Waals surface area contributed by atoms with E-state index in [-0.39, 0.29) is 5.91 Å². The number of carbonyl (C=O) groups is 1. The second kappa shape index (κ2) is 5.93. The first-order valence-electron chi connectivity index (χ1n) is 7.14. The highest BCUT2D eigenvalue weighted by Crippen LogP contribution is 2.26. The summed E-state index contributed by atoms with van der Waals surface area (Å²) in [6.07, 6.45) is 1.88. The van der Waals surface area contributed by atoms with Gasteiger partial charge in [0.25, 0.3) is 5.91 Å². The number of nitrogens with one attached hydrogen (secondary N) is 1. The van der Waals surface area contributed by atoms with Crippen LogP contribution >= 0.6 is 0 Å². The molecule has 2 aromatic rings. The van der Waals surface area contributed by atoms with Crippen molar-refractivity contribution >= 4 is 23.4 Å². The van der Waals surface area contributed by atoms with E-state index in [0.717, 1.165) is 22.7 Å². The number of para-hydroxylation sites is 1. The van der Waals surface area contributed by atoms with Gasteiger partial charge in [-0.15, -0.1) is 0 Å². The molecule has 3 rings (SSSR count). The summed E-state index contributed by atoms with van der Waals surface area (Å²) in [5, 5.41) is 2.90. The Morgan fingerprint density at radius 3 is 2.55 bits per heavy atom. The zero-order chi connectivity index (χ0) is 15.5. The first kappa shape index (κ1) is 14.2. The summed E-state index contributed by atoms with van der Waals surface area (Å²) in [5.41, 5.74) is 3.42. The van der Waals surface area contributed by atoms with Crippen molar-refractivity contribution in [1.29, 1.82) is 0 Å². The van der Waals surface area contributed by atoms with E-state index in [0.29, 0.717) is 12.2 Å². The Labute approximate surface area is 130 Å². The average Bonchev–Trinajstić information content (AvgIpc) is 2.55. The van der Waals surface area contributed by atoms with Crippen LogP contribution in [0.1, 0.15) is 5.56 Å². The van der Waals surface area contributed by atoms with Crippen LogP contribution in [0.3, 0.4) is 0 Å². The fraction of sp³-hybridized carbons (Fsp3) is 0.167. The maximum atomic E-state index is 12.3. The Morgan fingerprint density at radius 2 is 1.82 bits per heavy atom. The van der Waals surface area contributed by atoms with Gasteiger partial charge >= 0.3 is 0 Å². The summed E-state index contributed by atoms with van der Waals surface area (Å²) in [5.74, 6) is 0.682. The minimum absolute atomic E-state index is 0.132. The molecule has 112 valence electrons. The van der Waals surface area contributed by atoms with Crippen molar-refractivity contribution in [3.05, 3.63) is 59.7 Å². The van der Waals surface area contributed by atoms with Crippen LogP contribution < -0.4 is 15.0 Å². The van der Waals surface area contributed by atoms with Gasteiger partial charge in [0.05, 0.1) is 5.57 Å². The van der Waals surface area contributed by atoms with Crippen LogP contribution in [0, 0.1) is 0 Å². The van der Waals surface area contributed by atoms with Crippen molar-refractivity contribution < 1.29 is 9.53 Å². The van der Waals surface area contributed by atoms with Crippen LogP contribution in [0.2, 0.25) is 0 Å². The molecule has 0 atom stereocenters. The van der Waals surface area contributed by atoms with Gasteiger partial charge in [-0.2, -0.15) is 0 Å². The highest BCUT2D eigenvalue weighted by molar-refractivity contribution is 6.07. The highest BCUT2D eigenvalue weighted by Gasteiger charge is 2.16. The molecule has 0 saturated heterocycles. The smallest absolute Gasteiger partial charge is 0.255 e. The minimum Gasteiger partial charge on any atom is -0.488 e. The molecule has 0 radical (unpaired) electrons. The number of rotatable bonds is 3. The molecule has 0 fully saturated rings. The molecule has 0 spiro atoms. The number of benzene rings is 2. The third-order valence-electron chi connectivity index (χ3n) is 3.57. The van der Waals surface area contributed by atoms with Gasteiger partial charge in [-0.1, -0.05) is 18.2 Å². The molecule has 1 heterocycles. The maximum absolute atomic E-state index is 12.3. The zero-order valence-corrected chi connectivity index (χ0v) is 12.7. The van der Waals surface area contributed by atoms with E-state index in [4.69, 9.17) is 4.74 Å². The first-order valence-corrected chi connectivity index (χ1v) is 7.14. The third kappa shape index (κ3) is 2.96. The Kier molecular flexibility index (Phi) is 3.83. The molecular weight excluding hydrogens is 276 g/mol. The van der Waals surface area contributed by atoms with E-state index in [1.54, 1.807) is 0 Å².